The van der Waals surface area contributed by atoms with Crippen LogP contribution in [0.3, 0.4) is 0 Å². The predicted octanol–water partition coefficient (Wildman–Crippen LogP) is 2.64. The van der Waals surface area contributed by atoms with Gasteiger partial charge < -0.3 is 9.47 Å². The van der Waals surface area contributed by atoms with E-state index in [1.165, 1.54) is 18.2 Å². The van der Waals surface area contributed by atoms with Crippen molar-refractivity contribution in [3.05, 3.63) is 34.6 Å². The van der Waals surface area contributed by atoms with Crippen LogP contribution in [-0.2, 0) is 20.7 Å². The Bertz CT molecular complexity index is 396. The molecule has 18 heavy (non-hydrogen) atoms. The van der Waals surface area contributed by atoms with E-state index in [1.807, 2.05) is 0 Å². The lowest BCUT2D eigenvalue weighted by atomic mass is 10.1. The summed E-state index contributed by atoms with van der Waals surface area (Å²) in [6.45, 7) is 1.27. The Balaban J connectivity index is 2.33. The highest BCUT2D eigenvalue weighted by Crippen LogP contribution is 2.15. The monoisotopic (exact) mass is 274 g/mol. The molecule has 0 atom stereocenters. The summed E-state index contributed by atoms with van der Waals surface area (Å²) >= 11 is 5.75. The SMILES string of the molecule is COCCOCCC(=O)Cc1cc(Cl)ccc1F. The zero-order valence-corrected chi connectivity index (χ0v) is 11.0. The van der Waals surface area contributed by atoms with Crippen molar-refractivity contribution in [3.63, 3.8) is 0 Å². The second-order valence-electron chi connectivity index (χ2n) is 3.81. The summed E-state index contributed by atoms with van der Waals surface area (Å²) in [5.41, 5.74) is 0.324. The number of rotatable bonds is 8. The normalized spacial score (nSPS) is 10.6. The van der Waals surface area contributed by atoms with Gasteiger partial charge in [0.1, 0.15) is 11.6 Å². The minimum atomic E-state index is -0.409. The third kappa shape index (κ3) is 5.58. The Morgan fingerprint density at radius 3 is 2.83 bits per heavy atom. The quantitative estimate of drug-likeness (QED) is 0.684. The number of benzene rings is 1. The molecule has 0 heterocycles. The van der Waals surface area contributed by atoms with E-state index in [0.717, 1.165) is 0 Å². The number of hydrogen-bond acceptors (Lipinski definition) is 3. The van der Waals surface area contributed by atoms with E-state index in [-0.39, 0.29) is 18.6 Å². The van der Waals surface area contributed by atoms with Gasteiger partial charge in [-0.15, -0.1) is 0 Å². The molecule has 0 N–H and O–H groups in total. The number of Topliss-reactive ketones (excluding diaryl/α,β-unsaturated/α-hetero) is 1. The van der Waals surface area contributed by atoms with E-state index >= 15 is 0 Å². The summed E-state index contributed by atoms with van der Waals surface area (Å²) in [5.74, 6) is -0.485. The maximum Gasteiger partial charge on any atom is 0.139 e. The molecule has 5 heteroatoms. The topological polar surface area (TPSA) is 35.5 Å². The Kier molecular flexibility index (Phi) is 6.86. The van der Waals surface area contributed by atoms with Gasteiger partial charge >= 0.3 is 0 Å². The van der Waals surface area contributed by atoms with Gasteiger partial charge in [0.25, 0.3) is 0 Å². The van der Waals surface area contributed by atoms with E-state index in [0.29, 0.717) is 30.4 Å². The van der Waals surface area contributed by atoms with Crippen molar-refractivity contribution in [2.24, 2.45) is 0 Å². The highest BCUT2D eigenvalue weighted by atomic mass is 35.5. The molecule has 1 aromatic carbocycles. The Morgan fingerprint density at radius 2 is 2.11 bits per heavy atom. The Labute approximate surface area is 111 Å². The van der Waals surface area contributed by atoms with Crippen LogP contribution in [0.4, 0.5) is 4.39 Å². The molecule has 3 nitrogen and oxygen atoms in total. The fourth-order valence-corrected chi connectivity index (χ4v) is 1.60. The van der Waals surface area contributed by atoms with Crippen LogP contribution in [0.15, 0.2) is 18.2 Å². The molecule has 0 amide bonds. The molecule has 1 aromatic rings. The molecule has 0 spiro atoms. The molecule has 0 bridgehead atoms. The lowest BCUT2D eigenvalue weighted by molar-refractivity contribution is -0.119. The molecular formula is C13H16ClFO3. The minimum Gasteiger partial charge on any atom is -0.382 e. The molecule has 100 valence electrons. The first-order valence-electron chi connectivity index (χ1n) is 5.66. The van der Waals surface area contributed by atoms with Gasteiger partial charge in [0.2, 0.25) is 0 Å². The van der Waals surface area contributed by atoms with E-state index < -0.39 is 5.82 Å². The first-order valence-corrected chi connectivity index (χ1v) is 6.03. The highest BCUT2D eigenvalue weighted by Gasteiger charge is 2.09. The van der Waals surface area contributed by atoms with Crippen LogP contribution in [0.1, 0.15) is 12.0 Å². The summed E-state index contributed by atoms with van der Waals surface area (Å²) in [5, 5.41) is 0.426. The number of hydrogen-bond donors (Lipinski definition) is 0. The smallest absolute Gasteiger partial charge is 0.139 e. The molecule has 0 aliphatic heterocycles. The summed E-state index contributed by atoms with van der Waals surface area (Å²) < 4.78 is 23.3. The van der Waals surface area contributed by atoms with Gasteiger partial charge in [-0.2, -0.15) is 0 Å². The maximum atomic E-state index is 13.4. The van der Waals surface area contributed by atoms with Crippen LogP contribution < -0.4 is 0 Å². The van der Waals surface area contributed by atoms with Crippen LogP contribution in [0, 0.1) is 5.82 Å². The molecule has 0 aromatic heterocycles. The lowest BCUT2D eigenvalue weighted by Gasteiger charge is -2.05. The van der Waals surface area contributed by atoms with Crippen molar-refractivity contribution in [3.8, 4) is 0 Å². The zero-order valence-electron chi connectivity index (χ0n) is 10.2. The number of ketones is 1. The Morgan fingerprint density at radius 1 is 1.33 bits per heavy atom. The van der Waals surface area contributed by atoms with E-state index in [1.54, 1.807) is 7.11 Å². The second-order valence-corrected chi connectivity index (χ2v) is 4.24. The molecule has 0 radical (unpaired) electrons. The van der Waals surface area contributed by atoms with Crippen molar-refractivity contribution in [2.75, 3.05) is 26.9 Å². The minimum absolute atomic E-state index is 0.0417. The molecule has 0 saturated heterocycles. The largest absolute Gasteiger partial charge is 0.382 e. The third-order valence-corrected chi connectivity index (χ3v) is 2.59. The summed E-state index contributed by atoms with van der Waals surface area (Å²) in [7, 11) is 1.58. The van der Waals surface area contributed by atoms with Crippen LogP contribution in [0.25, 0.3) is 0 Å². The lowest BCUT2D eigenvalue weighted by Crippen LogP contribution is -2.10. The Hall–Kier alpha value is -0.970. The fraction of sp³-hybridized carbons (Fsp3) is 0.462. The van der Waals surface area contributed by atoms with Gasteiger partial charge in [0.05, 0.1) is 19.8 Å². The standard InChI is InChI=1S/C13H16ClFO3/c1-17-6-7-18-5-4-12(16)9-10-8-11(14)2-3-13(10)15/h2-3,8H,4-7,9H2,1H3. The van der Waals surface area contributed by atoms with Crippen molar-refractivity contribution >= 4 is 17.4 Å². The van der Waals surface area contributed by atoms with Crippen molar-refractivity contribution in [1.82, 2.24) is 0 Å². The van der Waals surface area contributed by atoms with Gasteiger partial charge in [0, 0.05) is 25.0 Å². The van der Waals surface area contributed by atoms with Crippen LogP contribution in [0.5, 0.6) is 0 Å². The zero-order chi connectivity index (χ0) is 13.4. The van der Waals surface area contributed by atoms with Gasteiger partial charge in [0.15, 0.2) is 0 Å². The number of carbonyl (C=O) groups is 1. The maximum absolute atomic E-state index is 13.4. The molecule has 0 unspecified atom stereocenters. The summed E-state index contributed by atoms with van der Waals surface area (Å²) in [6, 6.07) is 4.19. The van der Waals surface area contributed by atoms with Gasteiger partial charge in [-0.05, 0) is 23.8 Å². The van der Waals surface area contributed by atoms with E-state index in [4.69, 9.17) is 21.1 Å². The molecule has 1 rings (SSSR count). The molecule has 0 aliphatic rings. The molecule has 0 aliphatic carbocycles. The number of ether oxygens (including phenoxy) is 2. The fourth-order valence-electron chi connectivity index (χ4n) is 1.41. The van der Waals surface area contributed by atoms with Crippen molar-refractivity contribution in [2.45, 2.75) is 12.8 Å². The highest BCUT2D eigenvalue weighted by molar-refractivity contribution is 6.30. The predicted molar refractivity (Wildman–Crippen MR) is 67.4 cm³/mol. The van der Waals surface area contributed by atoms with Crippen molar-refractivity contribution in [1.29, 1.82) is 0 Å². The van der Waals surface area contributed by atoms with Crippen LogP contribution >= 0.6 is 11.6 Å². The van der Waals surface area contributed by atoms with E-state index in [9.17, 15) is 9.18 Å². The average Bonchev–Trinajstić information content (AvgIpc) is 2.33. The molecular weight excluding hydrogens is 259 g/mol. The number of halogens is 2. The molecule has 0 saturated carbocycles. The third-order valence-electron chi connectivity index (χ3n) is 2.35. The first-order chi connectivity index (χ1) is 8.63. The average molecular weight is 275 g/mol. The molecule has 0 fully saturated rings. The van der Waals surface area contributed by atoms with Gasteiger partial charge in [-0.3, -0.25) is 4.79 Å². The van der Waals surface area contributed by atoms with Gasteiger partial charge in [-0.1, -0.05) is 11.6 Å². The van der Waals surface area contributed by atoms with Crippen LogP contribution in [0.2, 0.25) is 5.02 Å². The summed E-state index contributed by atoms with van der Waals surface area (Å²) in [4.78, 5) is 11.6. The van der Waals surface area contributed by atoms with Gasteiger partial charge in [-0.25, -0.2) is 4.39 Å². The van der Waals surface area contributed by atoms with E-state index in [2.05, 4.69) is 0 Å². The number of carbonyl (C=O) groups excluding carboxylic acids is 1. The number of methoxy groups -OCH3 is 1. The second kappa shape index (κ2) is 8.19. The van der Waals surface area contributed by atoms with Crippen LogP contribution in [-0.4, -0.2) is 32.7 Å². The first kappa shape index (κ1) is 15.1. The summed E-state index contributed by atoms with van der Waals surface area (Å²) in [6.07, 6.45) is 0.301. The van der Waals surface area contributed by atoms with Crippen molar-refractivity contribution < 1.29 is 18.7 Å².